The van der Waals surface area contributed by atoms with Crippen molar-refractivity contribution in [2.24, 2.45) is 11.5 Å². The van der Waals surface area contributed by atoms with Crippen molar-refractivity contribution in [1.82, 2.24) is 0 Å². The molecule has 32 heavy (non-hydrogen) atoms. The second-order valence-electron chi connectivity index (χ2n) is 6.30. The molecule has 0 aromatic heterocycles. The highest BCUT2D eigenvalue weighted by atomic mass is 79.9. The van der Waals surface area contributed by atoms with Gasteiger partial charge in [-0.05, 0) is 48.5 Å². The van der Waals surface area contributed by atoms with Gasteiger partial charge in [0, 0.05) is 14.6 Å². The number of hydrogen-bond acceptors (Lipinski definition) is 5. The third-order valence-electron chi connectivity index (χ3n) is 4.13. The number of anilines is 2. The maximum atomic E-state index is 12.3. The molecule has 0 aliphatic rings. The Morgan fingerprint density at radius 3 is 1.94 bits per heavy atom. The van der Waals surface area contributed by atoms with E-state index in [1.807, 2.05) is 0 Å². The van der Waals surface area contributed by atoms with Gasteiger partial charge in [0.2, 0.25) is 0 Å². The normalized spacial score (nSPS) is 9.84. The number of ether oxygens (including phenoxy) is 1. The van der Waals surface area contributed by atoms with Gasteiger partial charge in [-0.3, -0.25) is 14.4 Å². The van der Waals surface area contributed by atoms with Gasteiger partial charge in [-0.2, -0.15) is 0 Å². The minimum atomic E-state index is -0.619. The average Bonchev–Trinajstić information content (AvgIpc) is 2.76. The first-order valence-electron chi connectivity index (χ1n) is 9.02. The third-order valence-corrected chi connectivity index (χ3v) is 5.11. The standard InChI is InChI=1S/C15H13BrN2O3.C7H7BrN2O/c1-21-13-5-3-2-4-10(13)15(20)18-12-7-6-9(16)8-11(12)14(17)19;8-4-1-2-6(9)5(3-4)7(10)11/h2-8H,1H3,(H2,17,19)(H,18,20);1-3H,9H2,(H2,10,11). The lowest BCUT2D eigenvalue weighted by Crippen LogP contribution is -2.18. The number of carbonyl (C=O) groups is 3. The molecule has 0 atom stereocenters. The summed E-state index contributed by atoms with van der Waals surface area (Å²) in [5.74, 6) is -1.06. The molecule has 166 valence electrons. The van der Waals surface area contributed by atoms with E-state index < -0.39 is 11.8 Å². The number of para-hydroxylation sites is 1. The van der Waals surface area contributed by atoms with E-state index in [0.717, 1.165) is 4.47 Å². The zero-order chi connectivity index (χ0) is 23.8. The van der Waals surface area contributed by atoms with Gasteiger partial charge < -0.3 is 27.3 Å². The fourth-order valence-electron chi connectivity index (χ4n) is 2.59. The van der Waals surface area contributed by atoms with Crippen LogP contribution in [0.2, 0.25) is 0 Å². The van der Waals surface area contributed by atoms with Crippen LogP contribution in [0.25, 0.3) is 0 Å². The van der Waals surface area contributed by atoms with Crippen molar-refractivity contribution in [1.29, 1.82) is 0 Å². The van der Waals surface area contributed by atoms with E-state index in [1.165, 1.54) is 7.11 Å². The number of carbonyl (C=O) groups excluding carboxylic acids is 3. The zero-order valence-corrected chi connectivity index (χ0v) is 20.1. The minimum Gasteiger partial charge on any atom is -0.496 e. The number of primary amides is 2. The van der Waals surface area contributed by atoms with E-state index in [-0.39, 0.29) is 11.5 Å². The average molecular weight is 564 g/mol. The summed E-state index contributed by atoms with van der Waals surface area (Å²) in [6.45, 7) is 0. The molecule has 3 aromatic rings. The lowest BCUT2D eigenvalue weighted by molar-refractivity contribution is 0.0991. The van der Waals surface area contributed by atoms with Crippen LogP contribution in [0.5, 0.6) is 5.75 Å². The fraction of sp³-hybridized carbons (Fsp3) is 0.0455. The van der Waals surface area contributed by atoms with Crippen LogP contribution in [-0.4, -0.2) is 24.8 Å². The highest BCUT2D eigenvalue weighted by Crippen LogP contribution is 2.23. The number of methoxy groups -OCH3 is 1. The number of nitrogens with one attached hydrogen (secondary N) is 1. The fourth-order valence-corrected chi connectivity index (χ4v) is 3.32. The Bertz CT molecular complexity index is 1170. The van der Waals surface area contributed by atoms with E-state index in [4.69, 9.17) is 21.9 Å². The van der Waals surface area contributed by atoms with E-state index in [1.54, 1.807) is 60.7 Å². The summed E-state index contributed by atoms with van der Waals surface area (Å²) < 4.78 is 6.63. The smallest absolute Gasteiger partial charge is 0.259 e. The van der Waals surface area contributed by atoms with Crippen molar-refractivity contribution in [3.63, 3.8) is 0 Å². The van der Waals surface area contributed by atoms with Crippen LogP contribution < -0.4 is 27.3 Å². The molecule has 0 heterocycles. The molecule has 0 bridgehead atoms. The summed E-state index contributed by atoms with van der Waals surface area (Å²) in [6, 6.07) is 16.7. The molecule has 7 N–H and O–H groups in total. The summed E-state index contributed by atoms with van der Waals surface area (Å²) in [4.78, 5) is 34.4. The highest BCUT2D eigenvalue weighted by Gasteiger charge is 2.15. The van der Waals surface area contributed by atoms with Crippen molar-refractivity contribution in [3.05, 3.63) is 86.3 Å². The van der Waals surface area contributed by atoms with E-state index in [9.17, 15) is 14.4 Å². The van der Waals surface area contributed by atoms with Crippen LogP contribution in [0.1, 0.15) is 31.1 Å². The Morgan fingerprint density at radius 2 is 1.38 bits per heavy atom. The second kappa shape index (κ2) is 11.3. The summed E-state index contributed by atoms with van der Waals surface area (Å²) in [6.07, 6.45) is 0. The van der Waals surface area contributed by atoms with Crippen LogP contribution >= 0.6 is 31.9 Å². The van der Waals surface area contributed by atoms with E-state index in [0.29, 0.717) is 32.7 Å². The topological polar surface area (TPSA) is 151 Å². The molecular weight excluding hydrogens is 544 g/mol. The zero-order valence-electron chi connectivity index (χ0n) is 16.9. The third kappa shape index (κ3) is 6.56. The van der Waals surface area contributed by atoms with E-state index in [2.05, 4.69) is 37.2 Å². The number of nitrogen functional groups attached to an aromatic ring is 1. The van der Waals surface area contributed by atoms with Crippen LogP contribution in [0.4, 0.5) is 11.4 Å². The first-order chi connectivity index (χ1) is 15.1. The molecule has 0 radical (unpaired) electrons. The van der Waals surface area contributed by atoms with Gasteiger partial charge in [-0.15, -0.1) is 0 Å². The lowest BCUT2D eigenvalue weighted by Gasteiger charge is -2.11. The number of amides is 3. The van der Waals surface area contributed by atoms with Crippen LogP contribution in [0.3, 0.4) is 0 Å². The minimum absolute atomic E-state index is 0.229. The van der Waals surface area contributed by atoms with Crippen molar-refractivity contribution in [2.75, 3.05) is 18.2 Å². The van der Waals surface area contributed by atoms with Crippen molar-refractivity contribution in [3.8, 4) is 5.75 Å². The molecule has 0 spiro atoms. The quantitative estimate of drug-likeness (QED) is 0.347. The molecule has 0 unspecified atom stereocenters. The SMILES string of the molecule is COc1ccccc1C(=O)Nc1ccc(Br)cc1C(N)=O.NC(=O)c1cc(Br)ccc1N. The molecule has 0 aliphatic heterocycles. The molecular formula is C22H20Br2N4O4. The van der Waals surface area contributed by atoms with Gasteiger partial charge in [-0.1, -0.05) is 44.0 Å². The Balaban J connectivity index is 0.000000278. The second-order valence-corrected chi connectivity index (χ2v) is 8.14. The Morgan fingerprint density at radius 1 is 0.812 bits per heavy atom. The molecule has 3 aromatic carbocycles. The summed E-state index contributed by atoms with van der Waals surface area (Å²) in [5.41, 5.74) is 17.5. The molecule has 0 fully saturated rings. The largest absolute Gasteiger partial charge is 0.496 e. The van der Waals surface area contributed by atoms with E-state index >= 15 is 0 Å². The maximum Gasteiger partial charge on any atom is 0.259 e. The molecule has 0 saturated heterocycles. The predicted octanol–water partition coefficient (Wildman–Crippen LogP) is 3.94. The Hall–Kier alpha value is -3.37. The van der Waals surface area contributed by atoms with Gasteiger partial charge >= 0.3 is 0 Å². The summed E-state index contributed by atoms with van der Waals surface area (Å²) in [5, 5.41) is 2.67. The summed E-state index contributed by atoms with van der Waals surface area (Å²) >= 11 is 6.46. The molecule has 3 rings (SSSR count). The molecule has 3 amide bonds. The van der Waals surface area contributed by atoms with Crippen LogP contribution in [0, 0.1) is 0 Å². The molecule has 0 aliphatic carbocycles. The molecule has 8 nitrogen and oxygen atoms in total. The first-order valence-corrected chi connectivity index (χ1v) is 10.6. The van der Waals surface area contributed by atoms with Crippen molar-refractivity contribution in [2.45, 2.75) is 0 Å². The maximum absolute atomic E-state index is 12.3. The summed E-state index contributed by atoms with van der Waals surface area (Å²) in [7, 11) is 1.49. The van der Waals surface area contributed by atoms with Crippen molar-refractivity contribution >= 4 is 61.0 Å². The Kier molecular flexibility index (Phi) is 8.80. The molecule has 10 heteroatoms. The number of nitrogens with two attached hydrogens (primary N) is 3. The van der Waals surface area contributed by atoms with Gasteiger partial charge in [0.1, 0.15) is 5.75 Å². The van der Waals surface area contributed by atoms with Gasteiger partial charge in [0.05, 0.1) is 29.5 Å². The number of halogens is 2. The molecule has 0 saturated carbocycles. The Labute approximate surface area is 201 Å². The first kappa shape index (κ1) is 24.9. The predicted molar refractivity (Wildman–Crippen MR) is 131 cm³/mol. The van der Waals surface area contributed by atoms with Crippen LogP contribution in [-0.2, 0) is 0 Å². The lowest BCUT2D eigenvalue weighted by atomic mass is 10.1. The highest BCUT2D eigenvalue weighted by molar-refractivity contribution is 9.10. The van der Waals surface area contributed by atoms with Gasteiger partial charge in [-0.25, -0.2) is 0 Å². The number of hydrogen-bond donors (Lipinski definition) is 4. The number of benzene rings is 3. The van der Waals surface area contributed by atoms with Gasteiger partial charge in [0.15, 0.2) is 0 Å². The van der Waals surface area contributed by atoms with Gasteiger partial charge in [0.25, 0.3) is 17.7 Å². The number of rotatable bonds is 5. The van der Waals surface area contributed by atoms with Crippen LogP contribution in [0.15, 0.2) is 69.6 Å². The van der Waals surface area contributed by atoms with Crippen molar-refractivity contribution < 1.29 is 19.1 Å². The monoisotopic (exact) mass is 562 g/mol.